The predicted octanol–water partition coefficient (Wildman–Crippen LogP) is 2.33. The van der Waals surface area contributed by atoms with Crippen LogP contribution in [0.5, 0.6) is 0 Å². The summed E-state index contributed by atoms with van der Waals surface area (Å²) in [6.45, 7) is 1.61. The van der Waals surface area contributed by atoms with Gasteiger partial charge in [-0.15, -0.1) is 0 Å². The van der Waals surface area contributed by atoms with E-state index in [4.69, 9.17) is 4.74 Å². The molecular weight excluding hydrogens is 292 g/mol. The zero-order chi connectivity index (χ0) is 13.0. The van der Waals surface area contributed by atoms with Gasteiger partial charge in [0.2, 0.25) is 0 Å². The van der Waals surface area contributed by atoms with E-state index in [1.165, 1.54) is 25.3 Å². The maximum Gasteiger partial charge on any atom is 0.270 e. The lowest BCUT2D eigenvalue weighted by Crippen LogP contribution is -2.26. The van der Waals surface area contributed by atoms with Crippen molar-refractivity contribution in [3.63, 3.8) is 0 Å². The Kier molecular flexibility index (Phi) is 4.59. The van der Waals surface area contributed by atoms with Crippen LogP contribution in [-0.2, 0) is 9.53 Å². The Balaban J connectivity index is 2.86. The molecule has 1 amide bonds. The standard InChI is InChI=1S/C10H11BrN2O4/c1-6(17-2)10(14)12-9-4-3-7(13(15)16)5-8(9)11/h3-6H,1-2H3,(H,12,14). The highest BCUT2D eigenvalue weighted by molar-refractivity contribution is 9.10. The van der Waals surface area contributed by atoms with E-state index in [1.807, 2.05) is 0 Å². The SMILES string of the molecule is COC(C)C(=O)Nc1ccc([N+](=O)[O-])cc1Br. The Morgan fingerprint density at radius 1 is 1.59 bits per heavy atom. The highest BCUT2D eigenvalue weighted by Gasteiger charge is 2.15. The van der Waals surface area contributed by atoms with Gasteiger partial charge >= 0.3 is 0 Å². The van der Waals surface area contributed by atoms with E-state index < -0.39 is 11.0 Å². The van der Waals surface area contributed by atoms with Crippen molar-refractivity contribution < 1.29 is 14.5 Å². The molecule has 0 fully saturated rings. The zero-order valence-electron chi connectivity index (χ0n) is 9.27. The molecule has 6 nitrogen and oxygen atoms in total. The van der Waals surface area contributed by atoms with Crippen LogP contribution in [0.25, 0.3) is 0 Å². The van der Waals surface area contributed by atoms with Crippen LogP contribution in [0.4, 0.5) is 11.4 Å². The van der Waals surface area contributed by atoms with Gasteiger partial charge in [0.15, 0.2) is 0 Å². The van der Waals surface area contributed by atoms with Crippen LogP contribution in [0.1, 0.15) is 6.92 Å². The number of nitro groups is 1. The van der Waals surface area contributed by atoms with Crippen molar-refractivity contribution in [1.82, 2.24) is 0 Å². The van der Waals surface area contributed by atoms with Gasteiger partial charge in [0.25, 0.3) is 11.6 Å². The molecule has 1 rings (SSSR count). The van der Waals surface area contributed by atoms with Crippen LogP contribution in [0.3, 0.4) is 0 Å². The smallest absolute Gasteiger partial charge is 0.270 e. The van der Waals surface area contributed by atoms with Crippen LogP contribution in [0.15, 0.2) is 22.7 Å². The summed E-state index contributed by atoms with van der Waals surface area (Å²) in [5.74, 6) is -0.318. The minimum atomic E-state index is -0.586. The Morgan fingerprint density at radius 3 is 2.71 bits per heavy atom. The average Bonchev–Trinajstić information content (AvgIpc) is 2.30. The molecule has 1 aromatic rings. The van der Waals surface area contributed by atoms with E-state index in [0.717, 1.165) is 0 Å². The van der Waals surface area contributed by atoms with Crippen molar-refractivity contribution in [1.29, 1.82) is 0 Å². The number of benzene rings is 1. The lowest BCUT2D eigenvalue weighted by molar-refractivity contribution is -0.384. The quantitative estimate of drug-likeness (QED) is 0.683. The van der Waals surface area contributed by atoms with E-state index in [0.29, 0.717) is 10.2 Å². The first-order valence-corrected chi connectivity index (χ1v) is 5.52. The molecule has 1 N–H and O–H groups in total. The molecule has 0 saturated carbocycles. The fraction of sp³-hybridized carbons (Fsp3) is 0.300. The van der Waals surface area contributed by atoms with Crippen LogP contribution in [0.2, 0.25) is 0 Å². The molecule has 0 aliphatic carbocycles. The monoisotopic (exact) mass is 302 g/mol. The van der Waals surface area contributed by atoms with Crippen molar-refractivity contribution in [2.24, 2.45) is 0 Å². The molecule has 17 heavy (non-hydrogen) atoms. The highest BCUT2D eigenvalue weighted by atomic mass is 79.9. The number of ether oxygens (including phenoxy) is 1. The first-order valence-electron chi connectivity index (χ1n) is 4.73. The Labute approximate surface area is 106 Å². The minimum Gasteiger partial charge on any atom is -0.372 e. The van der Waals surface area contributed by atoms with E-state index >= 15 is 0 Å². The summed E-state index contributed by atoms with van der Waals surface area (Å²) in [6.07, 6.45) is -0.586. The van der Waals surface area contributed by atoms with Gasteiger partial charge in [0.05, 0.1) is 10.6 Å². The highest BCUT2D eigenvalue weighted by Crippen LogP contribution is 2.27. The number of non-ortho nitro benzene ring substituents is 1. The Morgan fingerprint density at radius 2 is 2.24 bits per heavy atom. The Hall–Kier alpha value is -1.47. The van der Waals surface area contributed by atoms with E-state index in [1.54, 1.807) is 6.92 Å². The maximum absolute atomic E-state index is 11.5. The van der Waals surface area contributed by atoms with Gasteiger partial charge in [-0.3, -0.25) is 14.9 Å². The van der Waals surface area contributed by atoms with Crippen LogP contribution < -0.4 is 5.32 Å². The maximum atomic E-state index is 11.5. The summed E-state index contributed by atoms with van der Waals surface area (Å²) in [5, 5.41) is 13.1. The molecule has 0 bridgehead atoms. The summed E-state index contributed by atoms with van der Waals surface area (Å²) < 4.78 is 5.30. The molecule has 7 heteroatoms. The van der Waals surface area contributed by atoms with Crippen LogP contribution >= 0.6 is 15.9 Å². The molecule has 0 aliphatic heterocycles. The number of amides is 1. The number of nitro benzene ring substituents is 1. The third kappa shape index (κ3) is 3.50. The van der Waals surface area contributed by atoms with Crippen LogP contribution in [0, 0.1) is 10.1 Å². The number of hydrogen-bond donors (Lipinski definition) is 1. The third-order valence-corrected chi connectivity index (χ3v) is 2.80. The molecule has 1 aromatic carbocycles. The molecule has 0 heterocycles. The fourth-order valence-electron chi connectivity index (χ4n) is 1.06. The van der Waals surface area contributed by atoms with Crippen molar-refractivity contribution in [3.8, 4) is 0 Å². The predicted molar refractivity (Wildman–Crippen MR) is 65.9 cm³/mol. The second-order valence-electron chi connectivity index (χ2n) is 3.29. The molecule has 0 aliphatic rings. The summed E-state index contributed by atoms with van der Waals surface area (Å²) in [4.78, 5) is 21.5. The van der Waals surface area contributed by atoms with Gasteiger partial charge in [-0.05, 0) is 28.9 Å². The summed E-state index contributed by atoms with van der Waals surface area (Å²) in [7, 11) is 1.43. The molecule has 92 valence electrons. The first kappa shape index (κ1) is 13.6. The molecule has 0 saturated heterocycles. The Bertz CT molecular complexity index is 450. The molecule has 0 spiro atoms. The second-order valence-corrected chi connectivity index (χ2v) is 4.14. The van der Waals surface area contributed by atoms with Gasteiger partial charge in [0, 0.05) is 23.7 Å². The fourth-order valence-corrected chi connectivity index (χ4v) is 1.53. The van der Waals surface area contributed by atoms with Crippen molar-refractivity contribution in [2.45, 2.75) is 13.0 Å². The van der Waals surface area contributed by atoms with Gasteiger partial charge in [-0.25, -0.2) is 0 Å². The average molecular weight is 303 g/mol. The van der Waals surface area contributed by atoms with Gasteiger partial charge in [-0.1, -0.05) is 0 Å². The van der Waals surface area contributed by atoms with Gasteiger partial charge < -0.3 is 10.1 Å². The number of carbonyl (C=O) groups is 1. The molecule has 1 unspecified atom stereocenters. The van der Waals surface area contributed by atoms with Gasteiger partial charge in [0.1, 0.15) is 6.10 Å². The van der Waals surface area contributed by atoms with Crippen molar-refractivity contribution >= 4 is 33.2 Å². The number of methoxy groups -OCH3 is 1. The lowest BCUT2D eigenvalue weighted by atomic mass is 10.2. The lowest BCUT2D eigenvalue weighted by Gasteiger charge is -2.11. The number of nitrogens with zero attached hydrogens (tertiary/aromatic N) is 1. The largest absolute Gasteiger partial charge is 0.372 e. The zero-order valence-corrected chi connectivity index (χ0v) is 10.9. The summed E-state index contributed by atoms with van der Waals surface area (Å²) in [6, 6.07) is 4.10. The first-order chi connectivity index (χ1) is 7.95. The topological polar surface area (TPSA) is 81.5 Å². The molecule has 0 aromatic heterocycles. The van der Waals surface area contributed by atoms with Crippen LogP contribution in [-0.4, -0.2) is 24.0 Å². The number of anilines is 1. The number of hydrogen-bond acceptors (Lipinski definition) is 4. The number of nitrogens with one attached hydrogen (secondary N) is 1. The molecule has 0 radical (unpaired) electrons. The number of halogens is 1. The number of rotatable bonds is 4. The minimum absolute atomic E-state index is 0.0466. The van der Waals surface area contributed by atoms with Crippen molar-refractivity contribution in [3.05, 3.63) is 32.8 Å². The molecule has 1 atom stereocenters. The van der Waals surface area contributed by atoms with E-state index in [9.17, 15) is 14.9 Å². The summed E-state index contributed by atoms with van der Waals surface area (Å²) >= 11 is 3.15. The number of carbonyl (C=O) groups excluding carboxylic acids is 1. The van der Waals surface area contributed by atoms with E-state index in [2.05, 4.69) is 21.2 Å². The van der Waals surface area contributed by atoms with Gasteiger partial charge in [-0.2, -0.15) is 0 Å². The summed E-state index contributed by atoms with van der Waals surface area (Å²) in [5.41, 5.74) is 0.416. The van der Waals surface area contributed by atoms with E-state index in [-0.39, 0.29) is 11.6 Å². The third-order valence-electron chi connectivity index (χ3n) is 2.14. The second kappa shape index (κ2) is 5.74. The van der Waals surface area contributed by atoms with Crippen molar-refractivity contribution in [2.75, 3.05) is 12.4 Å². The molecular formula is C10H11BrN2O4. The normalized spacial score (nSPS) is 11.9.